The fourth-order valence-corrected chi connectivity index (χ4v) is 3.40. The molecule has 2 amide bonds. The maximum atomic E-state index is 12.2. The van der Waals surface area contributed by atoms with Gasteiger partial charge in [-0.05, 0) is 62.2 Å². The molecule has 1 aromatic heterocycles. The minimum atomic E-state index is -0.328. The maximum absolute atomic E-state index is 12.2. The topological polar surface area (TPSA) is 80.3 Å². The molecule has 0 spiro atoms. The van der Waals surface area contributed by atoms with Crippen molar-refractivity contribution in [2.45, 2.75) is 20.8 Å². The van der Waals surface area contributed by atoms with E-state index in [0.29, 0.717) is 23.1 Å². The van der Waals surface area contributed by atoms with Gasteiger partial charge in [-0.3, -0.25) is 9.59 Å². The molecule has 2 aromatic carbocycles. The highest BCUT2D eigenvalue weighted by Crippen LogP contribution is 2.26. The first kappa shape index (κ1) is 20.5. The van der Waals surface area contributed by atoms with Crippen LogP contribution in [0.3, 0.4) is 0 Å². The second kappa shape index (κ2) is 9.34. The van der Waals surface area contributed by atoms with Crippen LogP contribution in [0.25, 0.3) is 11.3 Å². The number of hydrogen-bond acceptors (Lipinski definition) is 5. The molecule has 0 aliphatic carbocycles. The van der Waals surface area contributed by atoms with Crippen molar-refractivity contribution in [3.05, 3.63) is 64.5 Å². The van der Waals surface area contributed by atoms with E-state index in [4.69, 9.17) is 4.74 Å². The summed E-state index contributed by atoms with van der Waals surface area (Å²) in [5.41, 5.74) is 4.70. The predicted molar refractivity (Wildman–Crippen MR) is 116 cm³/mol. The minimum absolute atomic E-state index is 0.134. The van der Waals surface area contributed by atoms with Crippen LogP contribution in [0.1, 0.15) is 28.4 Å². The Balaban J connectivity index is 1.53. The summed E-state index contributed by atoms with van der Waals surface area (Å²) in [7, 11) is 0. The number of nitrogens with zero attached hydrogens (tertiary/aromatic N) is 1. The zero-order valence-electron chi connectivity index (χ0n) is 16.6. The maximum Gasteiger partial charge on any atom is 0.251 e. The number of rotatable bonds is 7. The van der Waals surface area contributed by atoms with Crippen molar-refractivity contribution in [1.29, 1.82) is 0 Å². The lowest BCUT2D eigenvalue weighted by molar-refractivity contribution is -0.115. The Morgan fingerprint density at radius 1 is 1.07 bits per heavy atom. The number of aryl methyl sites for hydroxylation is 2. The fourth-order valence-electron chi connectivity index (χ4n) is 2.66. The highest BCUT2D eigenvalue weighted by Gasteiger charge is 2.11. The van der Waals surface area contributed by atoms with Gasteiger partial charge in [0.25, 0.3) is 5.91 Å². The fraction of sp³-hybridized carbons (Fsp3) is 0.227. The molecule has 6 nitrogen and oxygen atoms in total. The van der Waals surface area contributed by atoms with Crippen LogP contribution >= 0.6 is 11.3 Å². The molecule has 0 saturated heterocycles. The van der Waals surface area contributed by atoms with E-state index in [1.54, 1.807) is 24.3 Å². The van der Waals surface area contributed by atoms with Crippen molar-refractivity contribution in [3.63, 3.8) is 0 Å². The van der Waals surface area contributed by atoms with Crippen LogP contribution in [0, 0.1) is 13.8 Å². The van der Waals surface area contributed by atoms with Crippen LogP contribution in [-0.2, 0) is 4.79 Å². The van der Waals surface area contributed by atoms with E-state index in [0.717, 1.165) is 11.3 Å². The Bertz CT molecular complexity index is 1010. The molecule has 0 fully saturated rings. The van der Waals surface area contributed by atoms with E-state index in [9.17, 15) is 9.59 Å². The molecule has 0 saturated carbocycles. The van der Waals surface area contributed by atoms with E-state index >= 15 is 0 Å². The van der Waals surface area contributed by atoms with Gasteiger partial charge in [0, 0.05) is 16.5 Å². The normalized spacial score (nSPS) is 10.4. The number of thiazole rings is 1. The highest BCUT2D eigenvalue weighted by atomic mass is 32.1. The van der Waals surface area contributed by atoms with Crippen LogP contribution in [0.4, 0.5) is 5.13 Å². The highest BCUT2D eigenvalue weighted by molar-refractivity contribution is 7.14. The summed E-state index contributed by atoms with van der Waals surface area (Å²) in [5, 5.41) is 7.73. The first-order chi connectivity index (χ1) is 14.0. The van der Waals surface area contributed by atoms with Gasteiger partial charge in [0.1, 0.15) is 5.75 Å². The number of benzene rings is 2. The van der Waals surface area contributed by atoms with Gasteiger partial charge >= 0.3 is 0 Å². The molecule has 0 radical (unpaired) electrons. The first-order valence-corrected chi connectivity index (χ1v) is 10.2. The average Bonchev–Trinajstić information content (AvgIpc) is 3.17. The zero-order chi connectivity index (χ0) is 20.8. The molecule has 150 valence electrons. The third-order valence-electron chi connectivity index (χ3n) is 4.39. The molecule has 7 heteroatoms. The Morgan fingerprint density at radius 2 is 1.83 bits per heavy atom. The smallest absolute Gasteiger partial charge is 0.251 e. The average molecular weight is 410 g/mol. The van der Waals surface area contributed by atoms with Crippen LogP contribution in [0.15, 0.2) is 47.8 Å². The van der Waals surface area contributed by atoms with Crippen LogP contribution in [0.2, 0.25) is 0 Å². The van der Waals surface area contributed by atoms with Crippen molar-refractivity contribution >= 4 is 28.3 Å². The number of nitrogens with one attached hydrogen (secondary N) is 2. The Kier molecular flexibility index (Phi) is 6.61. The monoisotopic (exact) mass is 409 g/mol. The van der Waals surface area contributed by atoms with E-state index in [1.807, 2.05) is 18.4 Å². The number of amides is 2. The molecular weight excluding hydrogens is 386 g/mol. The van der Waals surface area contributed by atoms with Gasteiger partial charge in [0.15, 0.2) is 5.13 Å². The molecule has 0 aliphatic heterocycles. The van der Waals surface area contributed by atoms with Crippen molar-refractivity contribution in [2.75, 3.05) is 18.5 Å². The van der Waals surface area contributed by atoms with E-state index in [-0.39, 0.29) is 18.4 Å². The lowest BCUT2D eigenvalue weighted by atomic mass is 10.1. The van der Waals surface area contributed by atoms with Crippen LogP contribution < -0.4 is 15.4 Å². The second-order valence-corrected chi connectivity index (χ2v) is 7.38. The molecule has 3 aromatic rings. The number of carbonyl (C=O) groups excluding carboxylic acids is 2. The van der Waals surface area contributed by atoms with Gasteiger partial charge in [0.05, 0.1) is 18.8 Å². The summed E-state index contributed by atoms with van der Waals surface area (Å²) in [5.74, 6) is 0.0496. The Labute approximate surface area is 173 Å². The zero-order valence-corrected chi connectivity index (χ0v) is 17.4. The van der Waals surface area contributed by atoms with Crippen molar-refractivity contribution in [3.8, 4) is 17.0 Å². The summed E-state index contributed by atoms with van der Waals surface area (Å²) in [6.07, 6.45) is 0. The third kappa shape index (κ3) is 5.42. The summed E-state index contributed by atoms with van der Waals surface area (Å²) in [6, 6.07) is 12.9. The van der Waals surface area contributed by atoms with Crippen molar-refractivity contribution in [1.82, 2.24) is 10.3 Å². The van der Waals surface area contributed by atoms with Crippen molar-refractivity contribution in [2.24, 2.45) is 0 Å². The minimum Gasteiger partial charge on any atom is -0.494 e. The summed E-state index contributed by atoms with van der Waals surface area (Å²) >= 11 is 1.35. The van der Waals surface area contributed by atoms with E-state index in [1.165, 1.54) is 22.5 Å². The van der Waals surface area contributed by atoms with Gasteiger partial charge in [-0.1, -0.05) is 12.1 Å². The molecule has 2 N–H and O–H groups in total. The molecule has 29 heavy (non-hydrogen) atoms. The Morgan fingerprint density at radius 3 is 2.52 bits per heavy atom. The van der Waals surface area contributed by atoms with E-state index < -0.39 is 0 Å². The van der Waals surface area contributed by atoms with Crippen molar-refractivity contribution < 1.29 is 14.3 Å². The number of hydrogen-bond donors (Lipinski definition) is 2. The van der Waals surface area contributed by atoms with Gasteiger partial charge in [-0.25, -0.2) is 4.98 Å². The predicted octanol–water partition coefficient (Wildman–Crippen LogP) is 4.19. The van der Waals surface area contributed by atoms with Crippen LogP contribution in [0.5, 0.6) is 5.75 Å². The largest absolute Gasteiger partial charge is 0.494 e. The molecule has 1 heterocycles. The van der Waals surface area contributed by atoms with Gasteiger partial charge in [0.2, 0.25) is 5.91 Å². The first-order valence-electron chi connectivity index (χ1n) is 9.30. The lowest BCUT2D eigenvalue weighted by Gasteiger charge is -2.07. The quantitative estimate of drug-likeness (QED) is 0.613. The second-order valence-electron chi connectivity index (χ2n) is 6.53. The summed E-state index contributed by atoms with van der Waals surface area (Å²) in [4.78, 5) is 28.8. The standard InChI is InChI=1S/C22H23N3O3S/c1-4-28-18-9-7-16(8-10-18)21(27)23-12-20(26)25-22-24-19(13-29-22)17-6-5-14(2)15(3)11-17/h5-11,13H,4,12H2,1-3H3,(H,23,27)(H,24,25,26). The number of ether oxygens (including phenoxy) is 1. The third-order valence-corrected chi connectivity index (χ3v) is 5.15. The number of anilines is 1. The molecule has 0 aliphatic rings. The molecule has 0 unspecified atom stereocenters. The van der Waals surface area contributed by atoms with Gasteiger partial charge in [-0.15, -0.1) is 11.3 Å². The van der Waals surface area contributed by atoms with Crippen LogP contribution in [-0.4, -0.2) is 29.9 Å². The summed E-state index contributed by atoms with van der Waals surface area (Å²) in [6.45, 7) is 6.44. The Hall–Kier alpha value is -3.19. The SMILES string of the molecule is CCOc1ccc(C(=O)NCC(=O)Nc2nc(-c3ccc(C)c(C)c3)cs2)cc1. The number of carbonyl (C=O) groups is 2. The number of aromatic nitrogens is 1. The summed E-state index contributed by atoms with van der Waals surface area (Å²) < 4.78 is 5.35. The van der Waals surface area contributed by atoms with Gasteiger partial charge in [-0.2, -0.15) is 0 Å². The molecular formula is C22H23N3O3S. The molecule has 3 rings (SSSR count). The van der Waals surface area contributed by atoms with E-state index in [2.05, 4.69) is 41.6 Å². The lowest BCUT2D eigenvalue weighted by Crippen LogP contribution is -2.32. The molecule has 0 atom stereocenters. The molecule has 0 bridgehead atoms. The van der Waals surface area contributed by atoms with Gasteiger partial charge < -0.3 is 15.4 Å².